The summed E-state index contributed by atoms with van der Waals surface area (Å²) in [6, 6.07) is 9.32. The Morgan fingerprint density at radius 2 is 1.90 bits per heavy atom. The molecule has 148 valence electrons. The zero-order chi connectivity index (χ0) is 20.5. The van der Waals surface area contributed by atoms with E-state index in [4.69, 9.17) is 9.47 Å². The van der Waals surface area contributed by atoms with Gasteiger partial charge in [0.25, 0.3) is 0 Å². The van der Waals surface area contributed by atoms with Crippen LogP contribution in [0.25, 0.3) is 17.3 Å². The van der Waals surface area contributed by atoms with Gasteiger partial charge in [-0.25, -0.2) is 19.4 Å². The van der Waals surface area contributed by atoms with Crippen molar-refractivity contribution in [2.75, 3.05) is 14.2 Å². The molecule has 0 saturated heterocycles. The fraction of sp³-hybridized carbons (Fsp3) is 0.167. The van der Waals surface area contributed by atoms with Crippen molar-refractivity contribution in [2.45, 2.75) is 6.54 Å². The van der Waals surface area contributed by atoms with E-state index in [1.807, 2.05) is 24.3 Å². The van der Waals surface area contributed by atoms with Crippen LogP contribution in [0.15, 0.2) is 41.3 Å². The number of methoxy groups -OCH3 is 2. The van der Waals surface area contributed by atoms with Crippen LogP contribution < -0.4 is 4.74 Å². The first-order chi connectivity index (χ1) is 14.0. The minimum atomic E-state index is -0.516. The first-order valence-corrected chi connectivity index (χ1v) is 10.2. The summed E-state index contributed by atoms with van der Waals surface area (Å²) in [6.07, 6.45) is 1.73. The number of rotatable bonds is 5. The highest BCUT2D eigenvalue weighted by Crippen LogP contribution is 2.26. The Morgan fingerprint density at radius 3 is 2.59 bits per heavy atom. The van der Waals surface area contributed by atoms with Crippen LogP contribution in [0.1, 0.15) is 16.1 Å². The molecular weight excluding hydrogens is 555 g/mol. The minimum absolute atomic E-state index is 0.189. The number of carbonyl (C=O) groups excluding carboxylic acids is 1. The predicted molar refractivity (Wildman–Crippen MR) is 116 cm³/mol. The zero-order valence-corrected chi connectivity index (χ0v) is 19.1. The van der Waals surface area contributed by atoms with E-state index in [1.54, 1.807) is 28.5 Å². The van der Waals surface area contributed by atoms with Gasteiger partial charge in [-0.3, -0.25) is 4.40 Å². The van der Waals surface area contributed by atoms with Crippen LogP contribution in [0, 0.1) is 3.70 Å². The fourth-order valence-corrected chi connectivity index (χ4v) is 3.87. The third kappa shape index (κ3) is 3.83. The molecule has 0 N–H and O–H groups in total. The third-order valence-electron chi connectivity index (χ3n) is 4.18. The molecule has 3 heterocycles. The standard InChI is InChI=1S/C18H14BrIN6O3/c1-28-11-5-3-10(4-6-11)9-26-15(23-17(19)24-26)13-14(20)25-8-7-12(16(27)29-2)21-18(25)22-13/h3-8H,9H2,1-2H3. The van der Waals surface area contributed by atoms with Gasteiger partial charge in [-0.05, 0) is 62.3 Å². The molecule has 11 heteroatoms. The molecule has 3 aromatic heterocycles. The maximum Gasteiger partial charge on any atom is 0.356 e. The SMILES string of the molecule is COC(=O)c1ccn2c(I)c(-c3nc(Br)nn3Cc3ccc(OC)cc3)nc2n1. The van der Waals surface area contributed by atoms with Crippen molar-refractivity contribution in [3.05, 3.63) is 56.2 Å². The number of esters is 1. The quantitative estimate of drug-likeness (QED) is 0.269. The van der Waals surface area contributed by atoms with Gasteiger partial charge in [0.05, 0.1) is 20.8 Å². The van der Waals surface area contributed by atoms with E-state index in [0.717, 1.165) is 15.0 Å². The number of hydrogen-bond donors (Lipinski definition) is 0. The molecule has 0 bridgehead atoms. The number of ether oxygens (including phenoxy) is 2. The number of hydrogen-bond acceptors (Lipinski definition) is 7. The second kappa shape index (κ2) is 8.06. The van der Waals surface area contributed by atoms with Crippen molar-refractivity contribution >= 4 is 50.3 Å². The maximum absolute atomic E-state index is 11.8. The van der Waals surface area contributed by atoms with Crippen molar-refractivity contribution in [1.82, 2.24) is 29.1 Å². The number of fused-ring (bicyclic) bond motifs is 1. The largest absolute Gasteiger partial charge is 0.497 e. The Kier molecular flexibility index (Phi) is 5.50. The van der Waals surface area contributed by atoms with Crippen LogP contribution in [0.4, 0.5) is 0 Å². The average Bonchev–Trinajstić information content (AvgIpc) is 3.26. The summed E-state index contributed by atoms with van der Waals surface area (Å²) >= 11 is 5.52. The number of carbonyl (C=O) groups is 1. The highest BCUT2D eigenvalue weighted by Gasteiger charge is 2.21. The molecule has 0 aliphatic carbocycles. The molecule has 0 aliphatic heterocycles. The highest BCUT2D eigenvalue weighted by molar-refractivity contribution is 14.1. The Hall–Kier alpha value is -2.54. The van der Waals surface area contributed by atoms with Crippen LogP contribution in [-0.4, -0.2) is 49.3 Å². The van der Waals surface area contributed by atoms with Crippen molar-refractivity contribution in [2.24, 2.45) is 0 Å². The number of halogens is 2. The lowest BCUT2D eigenvalue weighted by molar-refractivity contribution is 0.0594. The smallest absolute Gasteiger partial charge is 0.356 e. The predicted octanol–water partition coefficient (Wildman–Crippen LogP) is 3.20. The molecule has 0 saturated carbocycles. The molecule has 0 radical (unpaired) electrons. The molecule has 4 rings (SSSR count). The van der Waals surface area contributed by atoms with E-state index in [-0.39, 0.29) is 5.69 Å². The van der Waals surface area contributed by atoms with Crippen LogP contribution >= 0.6 is 38.5 Å². The number of benzene rings is 1. The maximum atomic E-state index is 11.8. The molecule has 0 atom stereocenters. The normalized spacial score (nSPS) is 11.0. The summed E-state index contributed by atoms with van der Waals surface area (Å²) in [5.41, 5.74) is 1.84. The van der Waals surface area contributed by atoms with Gasteiger partial charge in [0, 0.05) is 6.20 Å². The number of aromatic nitrogens is 6. The molecule has 0 aliphatic rings. The summed E-state index contributed by atoms with van der Waals surface area (Å²) in [6.45, 7) is 0.503. The third-order valence-corrected chi connectivity index (χ3v) is 5.55. The van der Waals surface area contributed by atoms with Gasteiger partial charge >= 0.3 is 5.97 Å². The Bertz CT molecular complexity index is 1200. The van der Waals surface area contributed by atoms with Gasteiger partial charge in [0.2, 0.25) is 10.5 Å². The topological polar surface area (TPSA) is 96.4 Å². The first-order valence-electron chi connectivity index (χ1n) is 8.36. The zero-order valence-electron chi connectivity index (χ0n) is 15.3. The van der Waals surface area contributed by atoms with E-state index in [9.17, 15) is 4.79 Å². The summed E-state index contributed by atoms with van der Waals surface area (Å²) in [5.74, 6) is 1.23. The minimum Gasteiger partial charge on any atom is -0.497 e. The monoisotopic (exact) mass is 568 g/mol. The van der Waals surface area contributed by atoms with Gasteiger partial charge in [-0.1, -0.05) is 12.1 Å². The molecule has 9 nitrogen and oxygen atoms in total. The van der Waals surface area contributed by atoms with E-state index in [0.29, 0.717) is 28.6 Å². The lowest BCUT2D eigenvalue weighted by Crippen LogP contribution is -2.05. The molecule has 0 unspecified atom stereocenters. The van der Waals surface area contributed by atoms with Crippen LogP contribution in [0.2, 0.25) is 0 Å². The van der Waals surface area contributed by atoms with Crippen LogP contribution in [0.5, 0.6) is 5.75 Å². The van der Waals surface area contributed by atoms with E-state index in [1.165, 1.54) is 7.11 Å². The van der Waals surface area contributed by atoms with Crippen molar-refractivity contribution in [3.63, 3.8) is 0 Å². The molecule has 0 spiro atoms. The lowest BCUT2D eigenvalue weighted by atomic mass is 10.2. The molecule has 0 fully saturated rings. The summed E-state index contributed by atoms with van der Waals surface area (Å²) < 4.78 is 14.7. The highest BCUT2D eigenvalue weighted by atomic mass is 127. The summed E-state index contributed by atoms with van der Waals surface area (Å²) in [7, 11) is 2.95. The van der Waals surface area contributed by atoms with E-state index >= 15 is 0 Å². The lowest BCUT2D eigenvalue weighted by Gasteiger charge is -2.06. The van der Waals surface area contributed by atoms with Gasteiger partial charge in [0.1, 0.15) is 15.1 Å². The second-order valence-electron chi connectivity index (χ2n) is 5.94. The van der Waals surface area contributed by atoms with Crippen molar-refractivity contribution < 1.29 is 14.3 Å². The van der Waals surface area contributed by atoms with Crippen molar-refractivity contribution in [1.29, 1.82) is 0 Å². The fourth-order valence-electron chi connectivity index (χ4n) is 2.77. The summed E-state index contributed by atoms with van der Waals surface area (Å²) in [5, 5.41) is 4.44. The van der Waals surface area contributed by atoms with Crippen LogP contribution in [0.3, 0.4) is 0 Å². The number of imidazole rings is 1. The van der Waals surface area contributed by atoms with Gasteiger partial charge < -0.3 is 9.47 Å². The molecule has 0 amide bonds. The van der Waals surface area contributed by atoms with E-state index < -0.39 is 5.97 Å². The second-order valence-corrected chi connectivity index (χ2v) is 7.67. The average molecular weight is 569 g/mol. The molecule has 29 heavy (non-hydrogen) atoms. The first kappa shape index (κ1) is 19.8. The summed E-state index contributed by atoms with van der Waals surface area (Å²) in [4.78, 5) is 25.1. The van der Waals surface area contributed by atoms with Gasteiger partial charge in [0.15, 0.2) is 11.5 Å². The van der Waals surface area contributed by atoms with E-state index in [2.05, 4.69) is 58.6 Å². The van der Waals surface area contributed by atoms with Crippen molar-refractivity contribution in [3.8, 4) is 17.3 Å². The van der Waals surface area contributed by atoms with Gasteiger partial charge in [-0.2, -0.15) is 4.98 Å². The Morgan fingerprint density at radius 1 is 1.14 bits per heavy atom. The molecule has 1 aromatic carbocycles. The van der Waals surface area contributed by atoms with Gasteiger partial charge in [-0.15, -0.1) is 5.10 Å². The Labute approximate surface area is 187 Å². The molecule has 4 aromatic rings. The van der Waals surface area contributed by atoms with Crippen LogP contribution in [-0.2, 0) is 11.3 Å². The molecular formula is C18H14BrIN6O3. The Balaban J connectivity index is 1.75. The number of nitrogens with zero attached hydrogens (tertiary/aromatic N) is 6.